The highest BCUT2D eigenvalue weighted by atomic mass is 16.6. The van der Waals surface area contributed by atoms with Gasteiger partial charge in [0.2, 0.25) is 0 Å². The van der Waals surface area contributed by atoms with Crippen LogP contribution in [0.25, 0.3) is 0 Å². The zero-order valence-corrected chi connectivity index (χ0v) is 16.1. The van der Waals surface area contributed by atoms with Gasteiger partial charge in [-0.15, -0.1) is 0 Å². The van der Waals surface area contributed by atoms with Gasteiger partial charge in [0, 0.05) is 13.3 Å². The number of allylic oxidation sites excluding steroid dienone is 4. The van der Waals surface area contributed by atoms with Crippen molar-refractivity contribution in [2.24, 2.45) is 0 Å². The van der Waals surface area contributed by atoms with E-state index in [0.29, 0.717) is 18.4 Å². The second-order valence-electron chi connectivity index (χ2n) is 6.87. The Morgan fingerprint density at radius 3 is 2.81 bits per heavy atom. The molecule has 0 aromatic heterocycles. The molecule has 0 spiro atoms. The van der Waals surface area contributed by atoms with Crippen LogP contribution >= 0.6 is 0 Å². The molecule has 0 radical (unpaired) electrons. The van der Waals surface area contributed by atoms with Gasteiger partial charge < -0.3 is 9.47 Å². The number of cyclic esters (lactones) is 1. The summed E-state index contributed by atoms with van der Waals surface area (Å²) in [5, 5.41) is 0. The second-order valence-corrected chi connectivity index (χ2v) is 6.87. The number of esters is 2. The molecule has 146 valence electrons. The van der Waals surface area contributed by atoms with Gasteiger partial charge in [0.1, 0.15) is 6.10 Å². The third-order valence-corrected chi connectivity index (χ3v) is 4.58. The maximum atomic E-state index is 12.3. The largest absolute Gasteiger partial charge is 0.458 e. The van der Waals surface area contributed by atoms with Gasteiger partial charge >= 0.3 is 11.9 Å². The summed E-state index contributed by atoms with van der Waals surface area (Å²) in [6, 6.07) is 0. The summed E-state index contributed by atoms with van der Waals surface area (Å²) in [5.74, 6) is -0.860. The van der Waals surface area contributed by atoms with E-state index in [1.807, 2.05) is 6.08 Å². The molecule has 1 heterocycles. The highest BCUT2D eigenvalue weighted by molar-refractivity contribution is 6.10. The van der Waals surface area contributed by atoms with Gasteiger partial charge in [-0.05, 0) is 43.6 Å². The summed E-state index contributed by atoms with van der Waals surface area (Å²) < 4.78 is 10.7. The zero-order valence-electron chi connectivity index (χ0n) is 16.1. The van der Waals surface area contributed by atoms with Crippen molar-refractivity contribution in [1.29, 1.82) is 0 Å². The molecule has 1 saturated heterocycles. The van der Waals surface area contributed by atoms with Crippen molar-refractivity contribution in [1.82, 2.24) is 0 Å². The first-order valence-electron chi connectivity index (χ1n) is 9.66. The SMILES string of the molecule is CCCCCCC=CC1(OC(C)=O)C=CC(=O)C1=CC=CC1CCC(=O)O1. The van der Waals surface area contributed by atoms with Crippen molar-refractivity contribution in [3.8, 4) is 0 Å². The van der Waals surface area contributed by atoms with E-state index in [1.165, 1.54) is 25.8 Å². The van der Waals surface area contributed by atoms with Crippen molar-refractivity contribution in [3.63, 3.8) is 0 Å². The van der Waals surface area contributed by atoms with Crippen LogP contribution in [0.2, 0.25) is 0 Å². The molecule has 2 aliphatic rings. The molecule has 0 bridgehead atoms. The van der Waals surface area contributed by atoms with Crippen LogP contribution in [0.4, 0.5) is 0 Å². The maximum absolute atomic E-state index is 12.3. The first-order chi connectivity index (χ1) is 13.0. The van der Waals surface area contributed by atoms with E-state index < -0.39 is 11.6 Å². The molecule has 0 N–H and O–H groups in total. The van der Waals surface area contributed by atoms with Crippen molar-refractivity contribution in [3.05, 3.63) is 48.1 Å². The monoisotopic (exact) mass is 372 g/mol. The Morgan fingerprint density at radius 2 is 2.15 bits per heavy atom. The van der Waals surface area contributed by atoms with Crippen molar-refractivity contribution in [2.75, 3.05) is 0 Å². The van der Waals surface area contributed by atoms with Gasteiger partial charge in [-0.25, -0.2) is 0 Å². The van der Waals surface area contributed by atoms with E-state index in [2.05, 4.69) is 6.92 Å². The fourth-order valence-electron chi connectivity index (χ4n) is 3.20. The minimum absolute atomic E-state index is 0.194. The van der Waals surface area contributed by atoms with Crippen LogP contribution in [0.5, 0.6) is 0 Å². The fraction of sp³-hybridized carbons (Fsp3) is 0.500. The Labute approximate surface area is 160 Å². The predicted molar refractivity (Wildman–Crippen MR) is 103 cm³/mol. The Bertz CT molecular complexity index is 683. The average molecular weight is 372 g/mol. The lowest BCUT2D eigenvalue weighted by molar-refractivity contribution is -0.146. The Morgan fingerprint density at radius 1 is 1.33 bits per heavy atom. The van der Waals surface area contributed by atoms with Crippen LogP contribution in [-0.4, -0.2) is 29.4 Å². The molecule has 0 aromatic rings. The van der Waals surface area contributed by atoms with E-state index in [0.717, 1.165) is 19.3 Å². The molecule has 2 unspecified atom stereocenters. The van der Waals surface area contributed by atoms with Crippen LogP contribution in [0.1, 0.15) is 58.8 Å². The highest BCUT2D eigenvalue weighted by Crippen LogP contribution is 2.33. The lowest BCUT2D eigenvalue weighted by atomic mass is 9.94. The first kappa shape index (κ1) is 20.9. The quantitative estimate of drug-likeness (QED) is 0.263. The van der Waals surface area contributed by atoms with Crippen LogP contribution in [0.15, 0.2) is 48.1 Å². The summed E-state index contributed by atoms with van der Waals surface area (Å²) in [6.45, 7) is 3.50. The molecule has 2 rings (SSSR count). The number of unbranched alkanes of at least 4 members (excludes halogenated alkanes) is 4. The third kappa shape index (κ3) is 6.05. The topological polar surface area (TPSA) is 69.7 Å². The molecule has 0 saturated carbocycles. The lowest BCUT2D eigenvalue weighted by Crippen LogP contribution is -2.31. The van der Waals surface area contributed by atoms with E-state index >= 15 is 0 Å². The van der Waals surface area contributed by atoms with Gasteiger partial charge in [0.15, 0.2) is 11.4 Å². The molecular formula is C22H28O5. The molecule has 1 aliphatic heterocycles. The highest BCUT2D eigenvalue weighted by Gasteiger charge is 2.40. The third-order valence-electron chi connectivity index (χ3n) is 4.58. The number of ketones is 1. The van der Waals surface area contributed by atoms with Gasteiger partial charge in [0.05, 0.1) is 5.57 Å². The van der Waals surface area contributed by atoms with Gasteiger partial charge in [-0.3, -0.25) is 14.4 Å². The van der Waals surface area contributed by atoms with Crippen LogP contribution in [0, 0.1) is 0 Å². The molecule has 5 nitrogen and oxygen atoms in total. The normalized spacial score (nSPS) is 26.6. The molecule has 0 amide bonds. The van der Waals surface area contributed by atoms with E-state index in [1.54, 1.807) is 30.4 Å². The lowest BCUT2D eigenvalue weighted by Gasteiger charge is -2.25. The second kappa shape index (κ2) is 10.0. The number of hydrogen-bond donors (Lipinski definition) is 0. The fourth-order valence-corrected chi connectivity index (χ4v) is 3.20. The summed E-state index contributed by atoms with van der Waals surface area (Å²) >= 11 is 0. The predicted octanol–water partition coefficient (Wildman–Crippen LogP) is 4.14. The summed E-state index contributed by atoms with van der Waals surface area (Å²) in [6.07, 6.45) is 18.1. The van der Waals surface area contributed by atoms with Crippen molar-refractivity contribution in [2.45, 2.75) is 70.5 Å². The van der Waals surface area contributed by atoms with Crippen molar-refractivity contribution < 1.29 is 23.9 Å². The van der Waals surface area contributed by atoms with E-state index in [-0.39, 0.29) is 17.9 Å². The molecule has 5 heteroatoms. The molecule has 27 heavy (non-hydrogen) atoms. The van der Waals surface area contributed by atoms with Crippen LogP contribution in [-0.2, 0) is 23.9 Å². The van der Waals surface area contributed by atoms with Crippen LogP contribution < -0.4 is 0 Å². The van der Waals surface area contributed by atoms with E-state index in [9.17, 15) is 14.4 Å². The number of carbonyl (C=O) groups excluding carboxylic acids is 3. The molecule has 1 aliphatic carbocycles. The minimum Gasteiger partial charge on any atom is -0.458 e. The smallest absolute Gasteiger partial charge is 0.306 e. The number of carbonyl (C=O) groups is 3. The van der Waals surface area contributed by atoms with Gasteiger partial charge in [0.25, 0.3) is 0 Å². The summed E-state index contributed by atoms with van der Waals surface area (Å²) in [5.41, 5.74) is -0.784. The molecule has 1 fully saturated rings. The van der Waals surface area contributed by atoms with Gasteiger partial charge in [-0.1, -0.05) is 44.4 Å². The maximum Gasteiger partial charge on any atom is 0.306 e. The van der Waals surface area contributed by atoms with E-state index in [4.69, 9.17) is 9.47 Å². The van der Waals surface area contributed by atoms with Gasteiger partial charge in [-0.2, -0.15) is 0 Å². The summed E-state index contributed by atoms with van der Waals surface area (Å²) in [7, 11) is 0. The first-order valence-corrected chi connectivity index (χ1v) is 9.66. The van der Waals surface area contributed by atoms with Crippen LogP contribution in [0.3, 0.4) is 0 Å². The Balaban J connectivity index is 2.13. The minimum atomic E-state index is -1.16. The Hall–Kier alpha value is -2.43. The standard InChI is InChI=1S/C22H28O5/c1-3-4-5-6-7-8-15-22(27-17(2)23)16-14-20(24)19(22)11-9-10-18-12-13-21(25)26-18/h8-11,14-16,18H,3-7,12-13H2,1-2H3. The average Bonchev–Trinajstić information content (AvgIpc) is 3.16. The number of rotatable bonds is 9. The van der Waals surface area contributed by atoms with Crippen molar-refractivity contribution >= 4 is 17.7 Å². The summed E-state index contributed by atoms with van der Waals surface area (Å²) in [4.78, 5) is 35.1. The molecular weight excluding hydrogens is 344 g/mol. The molecule has 0 aromatic carbocycles. The Kier molecular flexibility index (Phi) is 7.77. The molecule has 2 atom stereocenters. The zero-order chi connectivity index (χ0) is 19.7. The number of hydrogen-bond acceptors (Lipinski definition) is 5. The number of ether oxygens (including phenoxy) is 2.